The number of carbonyl (C=O) groups excluding carboxylic acids is 1. The highest BCUT2D eigenvalue weighted by atomic mass is 32.2. The SMILES string of the molecule is CCc1cccc(C)c1NC(=O)Cc1ccc(S(=O)(=O)N2CCCC2)s1. The van der Waals surface area contributed by atoms with Gasteiger partial charge in [-0.1, -0.05) is 25.1 Å². The average Bonchev–Trinajstić information content (AvgIpc) is 3.28. The molecule has 2 heterocycles. The van der Waals surface area contributed by atoms with Gasteiger partial charge in [0, 0.05) is 23.7 Å². The molecule has 0 atom stereocenters. The monoisotopic (exact) mass is 392 g/mol. The highest BCUT2D eigenvalue weighted by molar-refractivity contribution is 7.91. The average molecular weight is 393 g/mol. The Morgan fingerprint density at radius 3 is 2.62 bits per heavy atom. The molecule has 0 unspecified atom stereocenters. The van der Waals surface area contributed by atoms with E-state index in [1.807, 2.05) is 25.1 Å². The van der Waals surface area contributed by atoms with Crippen molar-refractivity contribution in [3.05, 3.63) is 46.3 Å². The van der Waals surface area contributed by atoms with E-state index in [2.05, 4.69) is 12.2 Å². The molecule has 1 saturated heterocycles. The summed E-state index contributed by atoms with van der Waals surface area (Å²) < 4.78 is 27.0. The zero-order valence-corrected chi connectivity index (χ0v) is 16.8. The van der Waals surface area contributed by atoms with Crippen LogP contribution in [0.25, 0.3) is 0 Å². The molecule has 7 heteroatoms. The number of aryl methyl sites for hydroxylation is 2. The Balaban J connectivity index is 1.71. The Labute approximate surface area is 159 Å². The van der Waals surface area contributed by atoms with Crippen LogP contribution >= 0.6 is 11.3 Å². The maximum absolute atomic E-state index is 12.6. The minimum absolute atomic E-state index is 0.124. The highest BCUT2D eigenvalue weighted by Crippen LogP contribution is 2.28. The van der Waals surface area contributed by atoms with Gasteiger partial charge in [0.05, 0.1) is 6.42 Å². The number of hydrogen-bond acceptors (Lipinski definition) is 4. The summed E-state index contributed by atoms with van der Waals surface area (Å²) in [5.74, 6) is -0.124. The van der Waals surface area contributed by atoms with E-state index in [0.29, 0.717) is 17.3 Å². The summed E-state index contributed by atoms with van der Waals surface area (Å²) >= 11 is 1.19. The molecular formula is C19H24N2O3S2. The van der Waals surface area contributed by atoms with Gasteiger partial charge in [-0.2, -0.15) is 4.31 Å². The zero-order valence-electron chi connectivity index (χ0n) is 15.1. The van der Waals surface area contributed by atoms with E-state index in [4.69, 9.17) is 0 Å². The van der Waals surface area contributed by atoms with Crippen LogP contribution in [-0.4, -0.2) is 31.7 Å². The topological polar surface area (TPSA) is 66.5 Å². The van der Waals surface area contributed by atoms with E-state index in [9.17, 15) is 13.2 Å². The van der Waals surface area contributed by atoms with Crippen molar-refractivity contribution in [2.24, 2.45) is 0 Å². The predicted octanol–water partition coefficient (Wildman–Crippen LogP) is 3.58. The van der Waals surface area contributed by atoms with Crippen molar-refractivity contribution in [3.8, 4) is 0 Å². The van der Waals surface area contributed by atoms with E-state index >= 15 is 0 Å². The number of carbonyl (C=O) groups is 1. The van der Waals surface area contributed by atoms with Crippen LogP contribution in [-0.2, 0) is 27.7 Å². The first-order valence-electron chi connectivity index (χ1n) is 8.89. The van der Waals surface area contributed by atoms with Crippen LogP contribution in [0.2, 0.25) is 0 Å². The molecule has 1 N–H and O–H groups in total. The second kappa shape index (κ2) is 7.90. The fourth-order valence-electron chi connectivity index (χ4n) is 3.19. The summed E-state index contributed by atoms with van der Waals surface area (Å²) in [5, 5.41) is 2.99. The number of rotatable bonds is 6. The molecule has 26 heavy (non-hydrogen) atoms. The number of nitrogens with zero attached hydrogens (tertiary/aromatic N) is 1. The highest BCUT2D eigenvalue weighted by Gasteiger charge is 2.28. The van der Waals surface area contributed by atoms with E-state index < -0.39 is 10.0 Å². The summed E-state index contributed by atoms with van der Waals surface area (Å²) in [6.45, 7) is 5.20. The lowest BCUT2D eigenvalue weighted by Gasteiger charge is -2.13. The van der Waals surface area contributed by atoms with Gasteiger partial charge in [-0.15, -0.1) is 11.3 Å². The van der Waals surface area contributed by atoms with Crippen LogP contribution < -0.4 is 5.32 Å². The largest absolute Gasteiger partial charge is 0.325 e. The van der Waals surface area contributed by atoms with Crippen LogP contribution in [0.15, 0.2) is 34.5 Å². The fraction of sp³-hybridized carbons (Fsp3) is 0.421. The van der Waals surface area contributed by atoms with Gasteiger partial charge in [0.25, 0.3) is 10.0 Å². The summed E-state index contributed by atoms with van der Waals surface area (Å²) in [4.78, 5) is 13.2. The van der Waals surface area contributed by atoms with Crippen molar-refractivity contribution in [2.75, 3.05) is 18.4 Å². The summed E-state index contributed by atoms with van der Waals surface area (Å²) in [5.41, 5.74) is 2.99. The number of para-hydroxylation sites is 1. The van der Waals surface area contributed by atoms with Crippen LogP contribution in [0.3, 0.4) is 0 Å². The lowest BCUT2D eigenvalue weighted by molar-refractivity contribution is -0.115. The molecule has 1 aliphatic rings. The predicted molar refractivity (Wildman–Crippen MR) is 105 cm³/mol. The molecule has 1 aromatic heterocycles. The summed E-state index contributed by atoms with van der Waals surface area (Å²) in [6.07, 6.45) is 2.85. The van der Waals surface area contributed by atoms with Crippen LogP contribution in [0, 0.1) is 6.92 Å². The molecule has 5 nitrogen and oxygen atoms in total. The van der Waals surface area contributed by atoms with Gasteiger partial charge >= 0.3 is 0 Å². The molecule has 1 aliphatic heterocycles. The Kier molecular flexibility index (Phi) is 5.79. The third-order valence-corrected chi connectivity index (χ3v) is 8.09. The summed E-state index contributed by atoms with van der Waals surface area (Å²) in [6, 6.07) is 9.33. The van der Waals surface area contributed by atoms with Gasteiger partial charge in [0.2, 0.25) is 5.91 Å². The number of amides is 1. The van der Waals surface area contributed by atoms with E-state index in [-0.39, 0.29) is 12.3 Å². The minimum atomic E-state index is -3.41. The standard InChI is InChI=1S/C19H24N2O3S2/c1-3-15-8-6-7-14(2)19(15)20-17(22)13-16-9-10-18(25-16)26(23,24)21-11-4-5-12-21/h6-10H,3-5,11-13H2,1-2H3,(H,20,22). The van der Waals surface area contributed by atoms with Gasteiger partial charge < -0.3 is 5.32 Å². The van der Waals surface area contributed by atoms with E-state index in [1.54, 1.807) is 12.1 Å². The first-order valence-corrected chi connectivity index (χ1v) is 11.1. The molecule has 140 valence electrons. The molecule has 1 amide bonds. The smallest absolute Gasteiger partial charge is 0.252 e. The number of nitrogens with one attached hydrogen (secondary N) is 1. The quantitative estimate of drug-likeness (QED) is 0.817. The molecular weight excluding hydrogens is 368 g/mol. The van der Waals surface area contributed by atoms with Crippen LogP contribution in [0.4, 0.5) is 5.69 Å². The van der Waals surface area contributed by atoms with Crippen molar-refractivity contribution in [1.82, 2.24) is 4.31 Å². The summed E-state index contributed by atoms with van der Waals surface area (Å²) in [7, 11) is -3.41. The van der Waals surface area contributed by atoms with Crippen molar-refractivity contribution in [2.45, 2.75) is 43.7 Å². The van der Waals surface area contributed by atoms with Crippen LogP contribution in [0.1, 0.15) is 35.8 Å². The molecule has 0 saturated carbocycles. The second-order valence-corrected chi connectivity index (χ2v) is 9.85. The fourth-order valence-corrected chi connectivity index (χ4v) is 6.22. The van der Waals surface area contributed by atoms with Gasteiger partial charge in [-0.3, -0.25) is 4.79 Å². The molecule has 1 fully saturated rings. The molecule has 3 rings (SSSR count). The van der Waals surface area contributed by atoms with Gasteiger partial charge in [-0.05, 0) is 49.4 Å². The Morgan fingerprint density at radius 1 is 1.19 bits per heavy atom. The van der Waals surface area contributed by atoms with Gasteiger partial charge in [-0.25, -0.2) is 8.42 Å². The molecule has 0 aliphatic carbocycles. The molecule has 1 aromatic carbocycles. The van der Waals surface area contributed by atoms with E-state index in [1.165, 1.54) is 15.6 Å². The van der Waals surface area contributed by atoms with Gasteiger partial charge in [0.15, 0.2) is 0 Å². The Bertz CT molecular complexity index is 897. The minimum Gasteiger partial charge on any atom is -0.325 e. The molecule has 0 radical (unpaired) electrons. The van der Waals surface area contributed by atoms with Gasteiger partial charge in [0.1, 0.15) is 4.21 Å². The third kappa shape index (κ3) is 4.00. The van der Waals surface area contributed by atoms with Crippen molar-refractivity contribution < 1.29 is 13.2 Å². The van der Waals surface area contributed by atoms with Crippen molar-refractivity contribution in [1.29, 1.82) is 0 Å². The lowest BCUT2D eigenvalue weighted by Crippen LogP contribution is -2.27. The zero-order chi connectivity index (χ0) is 18.7. The maximum atomic E-state index is 12.6. The first-order chi connectivity index (χ1) is 12.4. The maximum Gasteiger partial charge on any atom is 0.252 e. The Morgan fingerprint density at radius 2 is 1.92 bits per heavy atom. The lowest BCUT2D eigenvalue weighted by atomic mass is 10.1. The number of anilines is 1. The molecule has 0 bridgehead atoms. The van der Waals surface area contributed by atoms with Crippen LogP contribution in [0.5, 0.6) is 0 Å². The normalized spacial score (nSPS) is 15.3. The van der Waals surface area contributed by atoms with Crippen molar-refractivity contribution in [3.63, 3.8) is 0 Å². The number of benzene rings is 1. The second-order valence-electron chi connectivity index (χ2n) is 6.52. The number of hydrogen-bond donors (Lipinski definition) is 1. The third-order valence-electron chi connectivity index (χ3n) is 4.64. The number of sulfonamides is 1. The first kappa shape index (κ1) is 19.1. The molecule has 2 aromatic rings. The van der Waals surface area contributed by atoms with E-state index in [0.717, 1.165) is 41.0 Å². The van der Waals surface area contributed by atoms with Crippen molar-refractivity contribution >= 4 is 33.0 Å². The molecule has 0 spiro atoms. The number of thiophene rings is 1. The Hall–Kier alpha value is -1.70.